The van der Waals surface area contributed by atoms with Crippen molar-refractivity contribution in [3.8, 4) is 11.3 Å². The van der Waals surface area contributed by atoms with Gasteiger partial charge in [0.1, 0.15) is 17.0 Å². The fourth-order valence-corrected chi connectivity index (χ4v) is 4.24. The lowest BCUT2D eigenvalue weighted by Gasteiger charge is -2.36. The van der Waals surface area contributed by atoms with Crippen molar-refractivity contribution < 1.29 is 14.1 Å². The molecule has 1 amide bonds. The summed E-state index contributed by atoms with van der Waals surface area (Å²) in [7, 11) is 1.43. The van der Waals surface area contributed by atoms with Gasteiger partial charge in [-0.05, 0) is 19.1 Å². The Balaban J connectivity index is 1.52. The highest BCUT2D eigenvalue weighted by Crippen LogP contribution is 2.33. The van der Waals surface area contributed by atoms with Crippen LogP contribution in [-0.4, -0.2) is 54.0 Å². The molecule has 2 heterocycles. The predicted molar refractivity (Wildman–Crippen MR) is 120 cm³/mol. The fraction of sp³-hybridized carbons (Fsp3) is 0.273. The number of piperazine rings is 1. The van der Waals surface area contributed by atoms with Crippen LogP contribution in [0.25, 0.3) is 11.3 Å². The van der Waals surface area contributed by atoms with Gasteiger partial charge >= 0.3 is 0 Å². The Labute approximate surface area is 189 Å². The summed E-state index contributed by atoms with van der Waals surface area (Å²) in [6, 6.07) is 12.5. The van der Waals surface area contributed by atoms with Crippen molar-refractivity contribution in [2.24, 2.45) is 0 Å². The topological polar surface area (TPSA) is 69.7 Å². The van der Waals surface area contributed by atoms with Crippen molar-refractivity contribution in [1.29, 1.82) is 0 Å². The largest absolute Gasteiger partial charge is 0.367 e. The number of nitrogens with zero attached hydrogens (tertiary/aromatic N) is 4. The smallest absolute Gasteiger partial charge is 0.259 e. The molecule has 160 valence electrons. The van der Waals surface area contributed by atoms with Crippen LogP contribution in [0.5, 0.6) is 0 Å². The second-order valence-electron chi connectivity index (χ2n) is 7.35. The molecule has 1 fully saturated rings. The van der Waals surface area contributed by atoms with Crippen molar-refractivity contribution in [3.05, 3.63) is 68.7 Å². The SMILES string of the molecule is Cc1onc(-c2ccccc2Cl)c1C(=O)N1CCN(c2ccc([N+](C)=O)cc2Cl)CC1. The van der Waals surface area contributed by atoms with Crippen LogP contribution in [0.15, 0.2) is 47.0 Å². The Kier molecular flexibility index (Phi) is 5.98. The van der Waals surface area contributed by atoms with Crippen LogP contribution in [-0.2, 0) is 0 Å². The van der Waals surface area contributed by atoms with Crippen LogP contribution in [0.2, 0.25) is 10.0 Å². The van der Waals surface area contributed by atoms with Crippen molar-refractivity contribution >= 4 is 40.5 Å². The van der Waals surface area contributed by atoms with E-state index in [1.165, 1.54) is 7.05 Å². The zero-order valence-electron chi connectivity index (χ0n) is 17.1. The number of carbonyl (C=O) groups excluding carboxylic acids is 1. The number of hydrogen-bond acceptors (Lipinski definition) is 5. The minimum Gasteiger partial charge on any atom is -0.367 e. The van der Waals surface area contributed by atoms with E-state index >= 15 is 0 Å². The first-order valence-electron chi connectivity index (χ1n) is 9.82. The molecule has 3 aromatic rings. The molecule has 0 saturated carbocycles. The lowest BCUT2D eigenvalue weighted by Crippen LogP contribution is -2.49. The summed E-state index contributed by atoms with van der Waals surface area (Å²) in [6.45, 7) is 3.99. The summed E-state index contributed by atoms with van der Waals surface area (Å²) >= 11 is 12.7. The normalized spacial score (nSPS) is 14.1. The monoisotopic (exact) mass is 459 g/mol. The minimum atomic E-state index is -0.136. The van der Waals surface area contributed by atoms with E-state index in [2.05, 4.69) is 10.1 Å². The molecule has 7 nitrogen and oxygen atoms in total. The van der Waals surface area contributed by atoms with Gasteiger partial charge in [0.15, 0.2) is 7.05 Å². The van der Waals surface area contributed by atoms with Crippen molar-refractivity contribution in [2.75, 3.05) is 38.1 Å². The molecule has 0 bridgehead atoms. The summed E-state index contributed by atoms with van der Waals surface area (Å²) in [5.41, 5.74) is 2.89. The Morgan fingerprint density at radius 1 is 1.06 bits per heavy atom. The summed E-state index contributed by atoms with van der Waals surface area (Å²) < 4.78 is 6.11. The highest BCUT2D eigenvalue weighted by atomic mass is 35.5. The molecule has 0 aliphatic carbocycles. The second kappa shape index (κ2) is 8.69. The Hall–Kier alpha value is -2.90. The second-order valence-corrected chi connectivity index (χ2v) is 8.17. The van der Waals surface area contributed by atoms with E-state index in [-0.39, 0.29) is 5.91 Å². The molecule has 0 N–H and O–H groups in total. The number of benzene rings is 2. The minimum absolute atomic E-state index is 0.136. The maximum atomic E-state index is 13.3. The number of carbonyl (C=O) groups is 1. The zero-order valence-corrected chi connectivity index (χ0v) is 18.7. The van der Waals surface area contributed by atoms with Crippen LogP contribution in [0.3, 0.4) is 0 Å². The summed E-state index contributed by atoms with van der Waals surface area (Å²) in [6.07, 6.45) is 0. The number of aryl methyl sites for hydroxylation is 1. The van der Waals surface area contributed by atoms with Gasteiger partial charge in [-0.2, -0.15) is 0 Å². The lowest BCUT2D eigenvalue weighted by atomic mass is 10.0. The summed E-state index contributed by atoms with van der Waals surface area (Å²) in [5.74, 6) is 0.324. The van der Waals surface area contributed by atoms with Gasteiger partial charge in [-0.25, -0.2) is 0 Å². The van der Waals surface area contributed by atoms with E-state index in [1.54, 1.807) is 30.0 Å². The van der Waals surface area contributed by atoms with Gasteiger partial charge in [0, 0.05) is 53.5 Å². The number of halogens is 2. The standard InChI is InChI=1S/C22H21Cl2N4O3/c1-14-20(21(25-31-14)16-5-3-4-6-17(16)23)22(29)28-11-9-27(10-12-28)19-8-7-15(26(2)30)13-18(19)24/h3-8,13H,9-12H2,1-2H3/q+1. The third kappa shape index (κ3) is 4.16. The Morgan fingerprint density at radius 2 is 1.77 bits per heavy atom. The maximum absolute atomic E-state index is 13.3. The quantitative estimate of drug-likeness (QED) is 0.515. The van der Waals surface area contributed by atoms with Gasteiger partial charge in [-0.3, -0.25) is 4.79 Å². The molecule has 4 rings (SSSR count). The predicted octanol–water partition coefficient (Wildman–Crippen LogP) is 4.96. The Bertz CT molecular complexity index is 1150. The van der Waals surface area contributed by atoms with Gasteiger partial charge < -0.3 is 14.3 Å². The third-order valence-electron chi connectivity index (χ3n) is 5.41. The van der Waals surface area contributed by atoms with Crippen LogP contribution < -0.4 is 4.90 Å². The molecule has 1 aromatic heterocycles. The van der Waals surface area contributed by atoms with E-state index in [0.29, 0.717) is 64.5 Å². The molecule has 9 heteroatoms. The molecule has 1 aliphatic heterocycles. The number of rotatable bonds is 4. The lowest BCUT2D eigenvalue weighted by molar-refractivity contribution is -0.428. The van der Waals surface area contributed by atoms with E-state index in [4.69, 9.17) is 27.7 Å². The van der Waals surface area contributed by atoms with E-state index in [9.17, 15) is 9.70 Å². The van der Waals surface area contributed by atoms with Crippen LogP contribution in [0, 0.1) is 11.8 Å². The van der Waals surface area contributed by atoms with E-state index in [0.717, 1.165) is 10.4 Å². The first-order valence-corrected chi connectivity index (χ1v) is 10.6. The number of hydrogen-bond donors (Lipinski definition) is 0. The molecule has 2 aromatic carbocycles. The third-order valence-corrected chi connectivity index (χ3v) is 6.04. The molecule has 31 heavy (non-hydrogen) atoms. The van der Waals surface area contributed by atoms with Gasteiger partial charge in [0.2, 0.25) is 0 Å². The first kappa shape index (κ1) is 21.3. The summed E-state index contributed by atoms with van der Waals surface area (Å²) in [4.78, 5) is 28.7. The zero-order chi connectivity index (χ0) is 22.1. The highest BCUT2D eigenvalue weighted by Gasteiger charge is 2.30. The fourth-order valence-electron chi connectivity index (χ4n) is 3.72. The van der Waals surface area contributed by atoms with Crippen LogP contribution in [0.4, 0.5) is 11.4 Å². The van der Waals surface area contributed by atoms with Gasteiger partial charge in [-0.1, -0.05) is 46.6 Å². The van der Waals surface area contributed by atoms with E-state index < -0.39 is 0 Å². The molecule has 1 saturated heterocycles. The molecular weight excluding hydrogens is 439 g/mol. The highest BCUT2D eigenvalue weighted by molar-refractivity contribution is 6.33. The number of nitroso groups, excluding NO2 is 1. The maximum Gasteiger partial charge on any atom is 0.259 e. The van der Waals surface area contributed by atoms with Gasteiger partial charge in [0.25, 0.3) is 11.6 Å². The Morgan fingerprint density at radius 3 is 2.42 bits per heavy atom. The van der Waals surface area contributed by atoms with Gasteiger partial charge in [0.05, 0.1) is 15.7 Å². The number of amides is 1. The molecule has 1 aliphatic rings. The van der Waals surface area contributed by atoms with Crippen LogP contribution >= 0.6 is 23.2 Å². The van der Waals surface area contributed by atoms with Crippen molar-refractivity contribution in [1.82, 2.24) is 10.1 Å². The number of aromatic nitrogens is 1. The van der Waals surface area contributed by atoms with Gasteiger partial charge in [-0.15, -0.1) is 0 Å². The molecule has 0 spiro atoms. The number of anilines is 1. The molecular formula is C22H21Cl2N4O3+. The average Bonchev–Trinajstić information content (AvgIpc) is 3.14. The van der Waals surface area contributed by atoms with Crippen LogP contribution in [0.1, 0.15) is 16.1 Å². The average molecular weight is 460 g/mol. The van der Waals surface area contributed by atoms with Crippen molar-refractivity contribution in [2.45, 2.75) is 6.92 Å². The van der Waals surface area contributed by atoms with E-state index in [1.807, 2.05) is 24.3 Å². The summed E-state index contributed by atoms with van der Waals surface area (Å²) in [5, 5.41) is 5.12. The van der Waals surface area contributed by atoms with Crippen molar-refractivity contribution in [3.63, 3.8) is 0 Å². The molecule has 0 radical (unpaired) electrons. The molecule has 0 atom stereocenters. The molecule has 0 unspecified atom stereocenters. The first-order chi connectivity index (χ1) is 14.9.